The van der Waals surface area contributed by atoms with Gasteiger partial charge >= 0.3 is 0 Å². The summed E-state index contributed by atoms with van der Waals surface area (Å²) >= 11 is 0. The molecule has 0 fully saturated rings. The van der Waals surface area contributed by atoms with Crippen LogP contribution in [0.1, 0.15) is 27.2 Å². The summed E-state index contributed by atoms with van der Waals surface area (Å²) in [6.07, 6.45) is -1.82. The van der Waals surface area contributed by atoms with Crippen LogP contribution in [-0.4, -0.2) is 17.7 Å². The second kappa shape index (κ2) is 4.21. The highest BCUT2D eigenvalue weighted by molar-refractivity contribution is 6.05. The summed E-state index contributed by atoms with van der Waals surface area (Å²) in [5.74, 6) is -1.64. The summed E-state index contributed by atoms with van der Waals surface area (Å²) in [6, 6.07) is 0. The number of carbonyl (C=O) groups is 2. The third kappa shape index (κ3) is 2.78. The minimum absolute atomic E-state index is 0.0830. The standard InChI is InChI=1S/C8H13FO2/c1-4-6(10)7(9)8(11)5(2)3/h5,7H,4H2,1-3H3. The lowest BCUT2D eigenvalue weighted by molar-refractivity contribution is -0.135. The molecule has 0 bridgehead atoms. The van der Waals surface area contributed by atoms with Gasteiger partial charge in [0.2, 0.25) is 6.17 Å². The Morgan fingerprint density at radius 3 is 2.09 bits per heavy atom. The third-order valence-corrected chi connectivity index (χ3v) is 1.45. The summed E-state index contributed by atoms with van der Waals surface area (Å²) in [4.78, 5) is 21.5. The van der Waals surface area contributed by atoms with E-state index in [9.17, 15) is 14.0 Å². The smallest absolute Gasteiger partial charge is 0.216 e. The number of carbonyl (C=O) groups excluding carboxylic acids is 2. The van der Waals surface area contributed by atoms with Gasteiger partial charge in [-0.15, -0.1) is 0 Å². The van der Waals surface area contributed by atoms with Gasteiger partial charge in [-0.3, -0.25) is 9.59 Å². The molecular weight excluding hydrogens is 147 g/mol. The van der Waals surface area contributed by atoms with Crippen molar-refractivity contribution in [2.75, 3.05) is 0 Å². The van der Waals surface area contributed by atoms with E-state index in [0.717, 1.165) is 0 Å². The predicted octanol–water partition coefficient (Wildman–Crippen LogP) is 1.53. The molecule has 0 heterocycles. The van der Waals surface area contributed by atoms with Crippen LogP contribution in [0.5, 0.6) is 0 Å². The molecule has 3 heteroatoms. The van der Waals surface area contributed by atoms with Gasteiger partial charge in [-0.25, -0.2) is 4.39 Å². The number of hydrogen-bond donors (Lipinski definition) is 0. The van der Waals surface area contributed by atoms with Crippen molar-refractivity contribution in [1.29, 1.82) is 0 Å². The van der Waals surface area contributed by atoms with E-state index in [1.807, 2.05) is 0 Å². The fourth-order valence-electron chi connectivity index (χ4n) is 0.631. The van der Waals surface area contributed by atoms with Crippen molar-refractivity contribution in [3.63, 3.8) is 0 Å². The molecule has 0 spiro atoms. The van der Waals surface area contributed by atoms with E-state index in [1.165, 1.54) is 0 Å². The van der Waals surface area contributed by atoms with Gasteiger partial charge in [-0.05, 0) is 0 Å². The highest BCUT2D eigenvalue weighted by atomic mass is 19.1. The number of ketones is 2. The summed E-state index contributed by atoms with van der Waals surface area (Å²) < 4.78 is 12.7. The first-order chi connectivity index (χ1) is 5.00. The number of rotatable bonds is 4. The molecule has 0 radical (unpaired) electrons. The van der Waals surface area contributed by atoms with Gasteiger partial charge in [0.1, 0.15) is 0 Å². The van der Waals surface area contributed by atoms with Gasteiger partial charge in [0.15, 0.2) is 11.6 Å². The Morgan fingerprint density at radius 2 is 1.82 bits per heavy atom. The van der Waals surface area contributed by atoms with Crippen molar-refractivity contribution < 1.29 is 14.0 Å². The fourth-order valence-corrected chi connectivity index (χ4v) is 0.631. The molecule has 0 saturated carbocycles. The molecule has 1 unspecified atom stereocenters. The molecule has 64 valence electrons. The topological polar surface area (TPSA) is 34.1 Å². The van der Waals surface area contributed by atoms with Crippen LogP contribution < -0.4 is 0 Å². The summed E-state index contributed by atoms with van der Waals surface area (Å²) in [5, 5.41) is 0. The van der Waals surface area contributed by atoms with E-state index < -0.39 is 23.7 Å². The number of alkyl halides is 1. The molecular formula is C8H13FO2. The average molecular weight is 160 g/mol. The Kier molecular flexibility index (Phi) is 3.93. The van der Waals surface area contributed by atoms with Crippen molar-refractivity contribution in [2.45, 2.75) is 33.4 Å². The minimum atomic E-state index is -1.90. The van der Waals surface area contributed by atoms with Crippen molar-refractivity contribution in [3.8, 4) is 0 Å². The lowest BCUT2D eigenvalue weighted by Crippen LogP contribution is -2.28. The van der Waals surface area contributed by atoms with Gasteiger partial charge in [-0.1, -0.05) is 20.8 Å². The quantitative estimate of drug-likeness (QED) is 0.584. The lowest BCUT2D eigenvalue weighted by Gasteiger charge is -2.06. The maximum absolute atomic E-state index is 12.7. The molecule has 0 rings (SSSR count). The zero-order chi connectivity index (χ0) is 9.02. The van der Waals surface area contributed by atoms with E-state index in [2.05, 4.69) is 0 Å². The Bertz CT molecular complexity index is 163. The third-order valence-electron chi connectivity index (χ3n) is 1.45. The first-order valence-corrected chi connectivity index (χ1v) is 3.71. The van der Waals surface area contributed by atoms with Gasteiger partial charge in [0.05, 0.1) is 0 Å². The normalized spacial score (nSPS) is 13.2. The monoisotopic (exact) mass is 160 g/mol. The summed E-state index contributed by atoms with van der Waals surface area (Å²) in [5.41, 5.74) is 0. The molecule has 11 heavy (non-hydrogen) atoms. The maximum atomic E-state index is 12.7. The van der Waals surface area contributed by atoms with Crippen LogP contribution in [0.15, 0.2) is 0 Å². The van der Waals surface area contributed by atoms with E-state index in [-0.39, 0.29) is 6.42 Å². The van der Waals surface area contributed by atoms with Crippen molar-refractivity contribution in [3.05, 3.63) is 0 Å². The first-order valence-electron chi connectivity index (χ1n) is 3.71. The van der Waals surface area contributed by atoms with Crippen LogP contribution in [0.2, 0.25) is 0 Å². The molecule has 0 aromatic carbocycles. The minimum Gasteiger partial charge on any atom is -0.296 e. The zero-order valence-corrected chi connectivity index (χ0v) is 7.06. The van der Waals surface area contributed by atoms with E-state index in [4.69, 9.17) is 0 Å². The molecule has 0 aromatic rings. The largest absolute Gasteiger partial charge is 0.296 e. The molecule has 2 nitrogen and oxygen atoms in total. The summed E-state index contributed by atoms with van der Waals surface area (Å²) in [7, 11) is 0. The van der Waals surface area contributed by atoms with Crippen LogP contribution in [0.3, 0.4) is 0 Å². The van der Waals surface area contributed by atoms with Gasteiger partial charge < -0.3 is 0 Å². The Labute approximate surface area is 65.8 Å². The lowest BCUT2D eigenvalue weighted by atomic mass is 10.0. The number of Topliss-reactive ketones (excluding diaryl/α,β-unsaturated/α-hetero) is 2. The van der Waals surface area contributed by atoms with Crippen LogP contribution in [0, 0.1) is 5.92 Å². The van der Waals surface area contributed by atoms with Gasteiger partial charge in [0, 0.05) is 12.3 Å². The van der Waals surface area contributed by atoms with Crippen molar-refractivity contribution >= 4 is 11.6 Å². The van der Waals surface area contributed by atoms with Gasteiger partial charge in [0.25, 0.3) is 0 Å². The van der Waals surface area contributed by atoms with E-state index >= 15 is 0 Å². The Balaban J connectivity index is 4.13. The molecule has 0 aliphatic carbocycles. The van der Waals surface area contributed by atoms with Crippen molar-refractivity contribution in [1.82, 2.24) is 0 Å². The predicted molar refractivity (Wildman–Crippen MR) is 40.0 cm³/mol. The van der Waals surface area contributed by atoms with Crippen LogP contribution >= 0.6 is 0 Å². The van der Waals surface area contributed by atoms with Crippen LogP contribution in [0.25, 0.3) is 0 Å². The molecule has 0 aliphatic rings. The number of halogens is 1. The Hall–Kier alpha value is -0.730. The molecule has 0 aliphatic heterocycles. The van der Waals surface area contributed by atoms with E-state index in [1.54, 1.807) is 20.8 Å². The van der Waals surface area contributed by atoms with Gasteiger partial charge in [-0.2, -0.15) is 0 Å². The fraction of sp³-hybridized carbons (Fsp3) is 0.750. The highest BCUT2D eigenvalue weighted by Crippen LogP contribution is 2.05. The average Bonchev–Trinajstić information content (AvgIpc) is 2.00. The zero-order valence-electron chi connectivity index (χ0n) is 7.06. The second-order valence-corrected chi connectivity index (χ2v) is 2.74. The van der Waals surface area contributed by atoms with Crippen molar-refractivity contribution in [2.24, 2.45) is 5.92 Å². The maximum Gasteiger partial charge on any atom is 0.216 e. The molecule has 0 aromatic heterocycles. The molecule has 0 saturated heterocycles. The molecule has 1 atom stereocenters. The first kappa shape index (κ1) is 10.3. The SMILES string of the molecule is CCC(=O)C(F)C(=O)C(C)C. The molecule has 0 amide bonds. The summed E-state index contributed by atoms with van der Waals surface area (Å²) in [6.45, 7) is 4.71. The van der Waals surface area contributed by atoms with E-state index in [0.29, 0.717) is 0 Å². The number of hydrogen-bond acceptors (Lipinski definition) is 2. The second-order valence-electron chi connectivity index (χ2n) is 2.74. The molecule has 0 N–H and O–H groups in total. The van der Waals surface area contributed by atoms with Crippen LogP contribution in [-0.2, 0) is 9.59 Å². The van der Waals surface area contributed by atoms with Crippen LogP contribution in [0.4, 0.5) is 4.39 Å². The highest BCUT2D eigenvalue weighted by Gasteiger charge is 2.25. The Morgan fingerprint density at radius 1 is 1.36 bits per heavy atom.